The van der Waals surface area contributed by atoms with E-state index in [0.717, 1.165) is 28.2 Å². The Kier molecular flexibility index (Phi) is 5.13. The number of hydrogen-bond acceptors (Lipinski definition) is 6. The lowest BCUT2D eigenvalue weighted by molar-refractivity contribution is -0.116. The van der Waals surface area contributed by atoms with Crippen LogP contribution in [0.25, 0.3) is 11.3 Å². The van der Waals surface area contributed by atoms with Gasteiger partial charge in [-0.2, -0.15) is 0 Å². The number of carbonyl (C=O) groups excluding carboxylic acids is 2. The molecule has 0 saturated heterocycles. The summed E-state index contributed by atoms with van der Waals surface area (Å²) in [5, 5.41) is 11.8. The van der Waals surface area contributed by atoms with Crippen LogP contribution in [0.5, 0.6) is 0 Å². The molecule has 0 spiro atoms. The van der Waals surface area contributed by atoms with Crippen molar-refractivity contribution in [3.63, 3.8) is 0 Å². The number of anilines is 2. The van der Waals surface area contributed by atoms with E-state index in [1.165, 1.54) is 18.3 Å². The Morgan fingerprint density at radius 3 is 2.50 bits per heavy atom. The molecule has 0 aliphatic heterocycles. The Labute approximate surface area is 154 Å². The fourth-order valence-electron chi connectivity index (χ4n) is 2.47. The van der Waals surface area contributed by atoms with Crippen LogP contribution in [0.4, 0.5) is 10.8 Å². The van der Waals surface area contributed by atoms with Crippen molar-refractivity contribution < 1.29 is 14.1 Å². The van der Waals surface area contributed by atoms with Crippen LogP contribution in [0.1, 0.15) is 23.9 Å². The molecule has 0 aliphatic rings. The van der Waals surface area contributed by atoms with Gasteiger partial charge in [0.2, 0.25) is 11.8 Å². The number of amides is 2. The maximum atomic E-state index is 12.2. The largest absolute Gasteiger partial charge is 0.361 e. The van der Waals surface area contributed by atoms with Gasteiger partial charge in [-0.1, -0.05) is 17.3 Å². The van der Waals surface area contributed by atoms with E-state index in [1.807, 2.05) is 36.6 Å². The molecule has 134 valence electrons. The van der Waals surface area contributed by atoms with Gasteiger partial charge < -0.3 is 15.2 Å². The molecule has 0 saturated carbocycles. The topological polar surface area (TPSA) is 97.1 Å². The number of rotatable bonds is 5. The van der Waals surface area contributed by atoms with E-state index in [1.54, 1.807) is 6.92 Å². The summed E-state index contributed by atoms with van der Waals surface area (Å²) in [6.07, 6.45) is 0.196. The monoisotopic (exact) mass is 370 g/mol. The summed E-state index contributed by atoms with van der Waals surface area (Å²) in [5.41, 5.74) is 3.91. The highest BCUT2D eigenvalue weighted by molar-refractivity contribution is 7.14. The average molecular weight is 370 g/mol. The molecule has 7 nitrogen and oxygen atoms in total. The van der Waals surface area contributed by atoms with Crippen molar-refractivity contribution in [1.82, 2.24) is 10.1 Å². The van der Waals surface area contributed by atoms with Crippen molar-refractivity contribution in [3.05, 3.63) is 46.7 Å². The molecule has 0 radical (unpaired) electrons. The van der Waals surface area contributed by atoms with E-state index >= 15 is 0 Å². The lowest BCUT2D eigenvalue weighted by Gasteiger charge is -2.03. The molecule has 3 aromatic rings. The van der Waals surface area contributed by atoms with Crippen LogP contribution in [0.15, 0.2) is 34.2 Å². The first kappa shape index (κ1) is 17.8. The van der Waals surface area contributed by atoms with E-state index in [4.69, 9.17) is 4.52 Å². The van der Waals surface area contributed by atoms with Gasteiger partial charge in [0, 0.05) is 29.1 Å². The van der Waals surface area contributed by atoms with Gasteiger partial charge in [-0.15, -0.1) is 11.3 Å². The van der Waals surface area contributed by atoms with Gasteiger partial charge in [-0.3, -0.25) is 9.59 Å². The van der Waals surface area contributed by atoms with Crippen molar-refractivity contribution in [2.24, 2.45) is 0 Å². The summed E-state index contributed by atoms with van der Waals surface area (Å²) in [6.45, 7) is 5.06. The van der Waals surface area contributed by atoms with Crippen LogP contribution < -0.4 is 10.6 Å². The summed E-state index contributed by atoms with van der Waals surface area (Å²) in [6, 6.07) is 7.36. The predicted molar refractivity (Wildman–Crippen MR) is 100 cm³/mol. The van der Waals surface area contributed by atoms with Crippen LogP contribution in [0, 0.1) is 13.8 Å². The minimum Gasteiger partial charge on any atom is -0.361 e. The summed E-state index contributed by atoms with van der Waals surface area (Å²) in [5.74, 6) is 0.368. The lowest BCUT2D eigenvalue weighted by atomic mass is 10.1. The van der Waals surface area contributed by atoms with Gasteiger partial charge in [-0.05, 0) is 26.0 Å². The number of aromatic nitrogens is 2. The van der Waals surface area contributed by atoms with Crippen LogP contribution in [-0.4, -0.2) is 22.0 Å². The minimum absolute atomic E-state index is 0.116. The number of carbonyl (C=O) groups is 2. The molecule has 0 fully saturated rings. The molecule has 2 N–H and O–H groups in total. The highest BCUT2D eigenvalue weighted by Gasteiger charge is 2.15. The number of benzene rings is 1. The molecular formula is C18H18N4O3S. The first-order valence-corrected chi connectivity index (χ1v) is 8.85. The van der Waals surface area contributed by atoms with Crippen molar-refractivity contribution in [1.29, 1.82) is 0 Å². The van der Waals surface area contributed by atoms with Gasteiger partial charge in [0.1, 0.15) is 5.76 Å². The maximum absolute atomic E-state index is 12.2. The van der Waals surface area contributed by atoms with E-state index < -0.39 is 0 Å². The zero-order valence-electron chi connectivity index (χ0n) is 14.6. The average Bonchev–Trinajstić information content (AvgIpc) is 3.17. The highest BCUT2D eigenvalue weighted by atomic mass is 32.1. The van der Waals surface area contributed by atoms with Crippen LogP contribution >= 0.6 is 11.3 Å². The van der Waals surface area contributed by atoms with Crippen molar-refractivity contribution in [2.75, 3.05) is 10.6 Å². The fraction of sp³-hybridized carbons (Fsp3) is 0.222. The Morgan fingerprint density at radius 2 is 1.88 bits per heavy atom. The number of hydrogen-bond donors (Lipinski definition) is 2. The summed E-state index contributed by atoms with van der Waals surface area (Å²) in [4.78, 5) is 27.7. The third-order valence-electron chi connectivity index (χ3n) is 3.77. The van der Waals surface area contributed by atoms with Crippen LogP contribution in [0.2, 0.25) is 0 Å². The predicted octanol–water partition coefficient (Wildman–Crippen LogP) is 3.55. The molecule has 1 aromatic carbocycles. The maximum Gasteiger partial charge on any atom is 0.230 e. The third-order valence-corrected chi connectivity index (χ3v) is 4.53. The van der Waals surface area contributed by atoms with E-state index in [9.17, 15) is 9.59 Å². The van der Waals surface area contributed by atoms with E-state index in [-0.39, 0.29) is 18.2 Å². The zero-order chi connectivity index (χ0) is 18.7. The van der Waals surface area contributed by atoms with Gasteiger partial charge in [0.15, 0.2) is 5.13 Å². The van der Waals surface area contributed by atoms with Gasteiger partial charge in [-0.25, -0.2) is 4.98 Å². The molecule has 2 aromatic heterocycles. The second kappa shape index (κ2) is 7.49. The van der Waals surface area contributed by atoms with Gasteiger partial charge >= 0.3 is 0 Å². The Morgan fingerprint density at radius 1 is 1.15 bits per heavy atom. The summed E-state index contributed by atoms with van der Waals surface area (Å²) >= 11 is 1.36. The second-order valence-corrected chi connectivity index (χ2v) is 6.68. The zero-order valence-corrected chi connectivity index (χ0v) is 15.4. The van der Waals surface area contributed by atoms with Crippen LogP contribution in [-0.2, 0) is 16.0 Å². The quantitative estimate of drug-likeness (QED) is 0.716. The van der Waals surface area contributed by atoms with Crippen molar-refractivity contribution >= 4 is 34.0 Å². The van der Waals surface area contributed by atoms with Crippen LogP contribution in [0.3, 0.4) is 0 Å². The second-order valence-electron chi connectivity index (χ2n) is 5.82. The standard InChI is InChI=1S/C18H18N4O3S/c1-10-15(11(2)25-22-10)8-17(24)21-18-20-16(9-26-18)13-4-6-14(7-5-13)19-12(3)23/h4-7,9H,8H2,1-3H3,(H,19,23)(H,20,21,24). The van der Waals surface area contributed by atoms with E-state index in [0.29, 0.717) is 10.9 Å². The number of aryl methyl sites for hydroxylation is 2. The summed E-state index contributed by atoms with van der Waals surface area (Å²) < 4.78 is 5.07. The molecule has 26 heavy (non-hydrogen) atoms. The third kappa shape index (κ3) is 4.15. The van der Waals surface area contributed by atoms with Gasteiger partial charge in [0.25, 0.3) is 0 Å². The Balaban J connectivity index is 1.66. The molecule has 0 atom stereocenters. The molecular weight excluding hydrogens is 352 g/mol. The number of thiazole rings is 1. The highest BCUT2D eigenvalue weighted by Crippen LogP contribution is 2.26. The Hall–Kier alpha value is -3.00. The molecule has 2 heterocycles. The van der Waals surface area contributed by atoms with Gasteiger partial charge in [0.05, 0.1) is 17.8 Å². The molecule has 0 unspecified atom stereocenters. The number of nitrogens with zero attached hydrogens (tertiary/aromatic N) is 2. The first-order chi connectivity index (χ1) is 12.4. The molecule has 8 heteroatoms. The summed E-state index contributed by atoms with van der Waals surface area (Å²) in [7, 11) is 0. The SMILES string of the molecule is CC(=O)Nc1ccc(-c2csc(NC(=O)Cc3c(C)noc3C)n2)cc1. The minimum atomic E-state index is -0.165. The van der Waals surface area contributed by atoms with Crippen molar-refractivity contribution in [3.8, 4) is 11.3 Å². The lowest BCUT2D eigenvalue weighted by Crippen LogP contribution is -2.15. The number of nitrogens with one attached hydrogen (secondary N) is 2. The molecule has 0 aliphatic carbocycles. The fourth-order valence-corrected chi connectivity index (χ4v) is 3.21. The van der Waals surface area contributed by atoms with Crippen molar-refractivity contribution in [2.45, 2.75) is 27.2 Å². The first-order valence-electron chi connectivity index (χ1n) is 7.97. The molecule has 0 bridgehead atoms. The Bertz CT molecular complexity index is 924. The van der Waals surface area contributed by atoms with E-state index in [2.05, 4.69) is 20.8 Å². The normalized spacial score (nSPS) is 10.6. The molecule has 2 amide bonds. The smallest absolute Gasteiger partial charge is 0.230 e. The molecule has 3 rings (SSSR count).